The first-order valence-corrected chi connectivity index (χ1v) is 12.8. The molecule has 1 atom stereocenters. The average Bonchev–Trinajstić information content (AvgIpc) is 3.10. The lowest BCUT2D eigenvalue weighted by molar-refractivity contribution is -0.156. The van der Waals surface area contributed by atoms with Gasteiger partial charge in [-0.05, 0) is 70.4 Å². The van der Waals surface area contributed by atoms with Gasteiger partial charge in [-0.1, -0.05) is 17.7 Å². The number of ether oxygens (including phenoxy) is 1. The molecule has 2 N–H and O–H groups in total. The van der Waals surface area contributed by atoms with Crippen LogP contribution in [-0.2, 0) is 37.2 Å². The fraction of sp³-hybridized carbons (Fsp3) is 0.455. The quantitative estimate of drug-likeness (QED) is 0.348. The van der Waals surface area contributed by atoms with E-state index in [0.29, 0.717) is 6.42 Å². The molecule has 0 amide bonds. The van der Waals surface area contributed by atoms with Crippen LogP contribution in [0.4, 0.5) is 0 Å². The number of halogens is 1. The summed E-state index contributed by atoms with van der Waals surface area (Å²) in [5.74, 6) is -1.48. The van der Waals surface area contributed by atoms with Crippen molar-refractivity contribution in [3.05, 3.63) is 51.2 Å². The van der Waals surface area contributed by atoms with E-state index in [9.17, 15) is 18.0 Å². The highest BCUT2D eigenvalue weighted by atomic mass is 35.5. The maximum absolute atomic E-state index is 12.9. The summed E-state index contributed by atoms with van der Waals surface area (Å²) in [6.45, 7) is 5.15. The molecule has 0 aliphatic rings. The molecular weight excluding hydrogens is 474 g/mol. The maximum atomic E-state index is 12.9. The Bertz CT molecular complexity index is 1040. The van der Waals surface area contributed by atoms with Crippen LogP contribution < -0.4 is 4.72 Å². The Hall–Kier alpha value is -1.94. The molecule has 0 saturated heterocycles. The van der Waals surface area contributed by atoms with Gasteiger partial charge in [-0.25, -0.2) is 8.42 Å². The normalized spacial score (nSPS) is 13.0. The molecule has 1 heterocycles. The molecule has 1 aromatic carbocycles. The summed E-state index contributed by atoms with van der Waals surface area (Å²) in [6.07, 6.45) is 2.31. The van der Waals surface area contributed by atoms with Gasteiger partial charge in [0.05, 0.1) is 4.90 Å². The summed E-state index contributed by atoms with van der Waals surface area (Å²) in [4.78, 5) is 25.3. The molecule has 0 spiro atoms. The first-order chi connectivity index (χ1) is 14.9. The van der Waals surface area contributed by atoms with Crippen molar-refractivity contribution in [1.82, 2.24) is 4.72 Å². The van der Waals surface area contributed by atoms with Crippen molar-refractivity contribution < 1.29 is 27.9 Å². The zero-order valence-corrected chi connectivity index (χ0v) is 20.6. The number of rotatable bonds is 11. The van der Waals surface area contributed by atoms with Crippen molar-refractivity contribution in [2.24, 2.45) is 0 Å². The van der Waals surface area contributed by atoms with E-state index in [4.69, 9.17) is 21.4 Å². The number of carboxylic acid groups (broad SMARTS) is 1. The van der Waals surface area contributed by atoms with Crippen LogP contribution in [0.2, 0.25) is 5.02 Å². The van der Waals surface area contributed by atoms with Gasteiger partial charge in [0, 0.05) is 27.6 Å². The summed E-state index contributed by atoms with van der Waals surface area (Å²) in [7, 11) is -4.01. The number of esters is 1. The fourth-order valence-electron chi connectivity index (χ4n) is 2.88. The molecule has 10 heteroatoms. The number of carboxylic acids is 1. The van der Waals surface area contributed by atoms with Gasteiger partial charge in [0.2, 0.25) is 10.0 Å². The minimum atomic E-state index is -4.01. The summed E-state index contributed by atoms with van der Waals surface area (Å²) in [5, 5.41) is 9.00. The second-order valence-electron chi connectivity index (χ2n) is 8.34. The molecule has 0 bridgehead atoms. The highest BCUT2D eigenvalue weighted by Gasteiger charge is 2.30. The number of nitrogens with one attached hydrogen (secondary N) is 1. The Morgan fingerprint density at radius 2 is 1.84 bits per heavy atom. The predicted octanol–water partition coefficient (Wildman–Crippen LogP) is 4.43. The SMILES string of the molecule is CC(C)(C)OC(=O)[C@H](Cc1ccc(CCCCC(=O)O)s1)NS(=O)(=O)c1cccc(Cl)c1. The van der Waals surface area contributed by atoms with E-state index in [1.54, 1.807) is 26.8 Å². The fourth-order valence-corrected chi connectivity index (χ4v) is 5.47. The Morgan fingerprint density at radius 1 is 1.16 bits per heavy atom. The number of aryl methyl sites for hydroxylation is 1. The van der Waals surface area contributed by atoms with Gasteiger partial charge in [-0.2, -0.15) is 4.72 Å². The lowest BCUT2D eigenvalue weighted by Gasteiger charge is -2.24. The summed E-state index contributed by atoms with van der Waals surface area (Å²) < 4.78 is 33.6. The topological polar surface area (TPSA) is 110 Å². The second-order valence-corrected chi connectivity index (χ2v) is 11.7. The lowest BCUT2D eigenvalue weighted by atomic mass is 10.1. The Morgan fingerprint density at radius 3 is 2.47 bits per heavy atom. The van der Waals surface area contributed by atoms with E-state index in [-0.39, 0.29) is 22.8 Å². The number of unbranched alkanes of at least 4 members (excludes halogenated alkanes) is 1. The minimum absolute atomic E-state index is 0.0381. The third-order valence-corrected chi connectivity index (χ3v) is 7.15. The Labute approximate surface area is 197 Å². The molecule has 2 rings (SSSR count). The largest absolute Gasteiger partial charge is 0.481 e. The third kappa shape index (κ3) is 8.90. The smallest absolute Gasteiger partial charge is 0.325 e. The first kappa shape index (κ1) is 26.3. The van der Waals surface area contributed by atoms with Crippen LogP contribution in [0, 0.1) is 0 Å². The van der Waals surface area contributed by atoms with Crippen LogP contribution in [0.3, 0.4) is 0 Å². The van der Waals surface area contributed by atoms with E-state index < -0.39 is 33.6 Å². The van der Waals surface area contributed by atoms with Crippen LogP contribution >= 0.6 is 22.9 Å². The van der Waals surface area contributed by atoms with Gasteiger partial charge in [-0.3, -0.25) is 9.59 Å². The zero-order chi connectivity index (χ0) is 23.9. The van der Waals surface area contributed by atoms with Crippen LogP contribution in [0.1, 0.15) is 49.8 Å². The molecule has 0 unspecified atom stereocenters. The van der Waals surface area contributed by atoms with E-state index >= 15 is 0 Å². The molecule has 0 aliphatic heterocycles. The van der Waals surface area contributed by atoms with Crippen molar-refractivity contribution in [1.29, 1.82) is 0 Å². The molecule has 0 saturated carbocycles. The van der Waals surface area contributed by atoms with Crippen LogP contribution in [0.25, 0.3) is 0 Å². The summed E-state index contributed by atoms with van der Waals surface area (Å²) in [6, 6.07) is 8.46. The Balaban J connectivity index is 2.16. The van der Waals surface area contributed by atoms with Crippen LogP contribution in [0.5, 0.6) is 0 Å². The maximum Gasteiger partial charge on any atom is 0.325 e. The minimum Gasteiger partial charge on any atom is -0.481 e. The standard InChI is InChI=1S/C22H28ClNO6S2/c1-22(2,3)30-21(27)19(24-32(28,29)18-9-6-7-15(23)13-18)14-17-12-11-16(31-17)8-4-5-10-20(25)26/h6-7,9,11-13,19,24H,4-5,8,10,14H2,1-3H3,(H,25,26)/t19-/m0/s1. The van der Waals surface area contributed by atoms with Crippen LogP contribution in [-0.4, -0.2) is 37.1 Å². The lowest BCUT2D eigenvalue weighted by Crippen LogP contribution is -2.45. The van der Waals surface area contributed by atoms with E-state index in [1.807, 2.05) is 12.1 Å². The number of hydrogen-bond donors (Lipinski definition) is 2. The number of carbonyl (C=O) groups is 2. The molecule has 7 nitrogen and oxygen atoms in total. The number of carbonyl (C=O) groups excluding carboxylic acids is 1. The van der Waals surface area contributed by atoms with Crippen molar-refractivity contribution in [2.75, 3.05) is 0 Å². The van der Waals surface area contributed by atoms with E-state index in [1.165, 1.54) is 29.5 Å². The highest BCUT2D eigenvalue weighted by Crippen LogP contribution is 2.23. The van der Waals surface area contributed by atoms with Crippen molar-refractivity contribution in [3.63, 3.8) is 0 Å². The molecule has 2 aromatic rings. The number of aliphatic carboxylic acids is 1. The number of hydrogen-bond acceptors (Lipinski definition) is 6. The zero-order valence-electron chi connectivity index (χ0n) is 18.3. The molecule has 0 radical (unpaired) electrons. The van der Waals surface area contributed by atoms with Crippen molar-refractivity contribution >= 4 is 44.9 Å². The number of benzene rings is 1. The van der Waals surface area contributed by atoms with Gasteiger partial charge in [0.25, 0.3) is 0 Å². The molecular formula is C22H28ClNO6S2. The number of sulfonamides is 1. The summed E-state index contributed by atoms with van der Waals surface area (Å²) in [5.41, 5.74) is -0.776. The average molecular weight is 502 g/mol. The molecule has 0 fully saturated rings. The van der Waals surface area contributed by atoms with Gasteiger partial charge >= 0.3 is 11.9 Å². The molecule has 32 heavy (non-hydrogen) atoms. The summed E-state index contributed by atoms with van der Waals surface area (Å²) >= 11 is 7.39. The number of thiophene rings is 1. The molecule has 1 aromatic heterocycles. The monoisotopic (exact) mass is 501 g/mol. The van der Waals surface area contributed by atoms with E-state index in [0.717, 1.165) is 22.6 Å². The third-order valence-electron chi connectivity index (χ3n) is 4.28. The van der Waals surface area contributed by atoms with E-state index in [2.05, 4.69) is 4.72 Å². The second kappa shape index (κ2) is 11.3. The Kier molecular flexibility index (Phi) is 9.27. The first-order valence-electron chi connectivity index (χ1n) is 10.2. The highest BCUT2D eigenvalue weighted by molar-refractivity contribution is 7.89. The van der Waals surface area contributed by atoms with Gasteiger partial charge in [-0.15, -0.1) is 11.3 Å². The van der Waals surface area contributed by atoms with Gasteiger partial charge < -0.3 is 9.84 Å². The van der Waals surface area contributed by atoms with Crippen LogP contribution in [0.15, 0.2) is 41.3 Å². The van der Waals surface area contributed by atoms with Gasteiger partial charge in [0.1, 0.15) is 11.6 Å². The van der Waals surface area contributed by atoms with Crippen molar-refractivity contribution in [3.8, 4) is 0 Å². The predicted molar refractivity (Wildman–Crippen MR) is 125 cm³/mol. The van der Waals surface area contributed by atoms with Gasteiger partial charge in [0.15, 0.2) is 0 Å². The molecule has 0 aliphatic carbocycles. The molecule has 176 valence electrons. The van der Waals surface area contributed by atoms with Crippen molar-refractivity contribution in [2.45, 2.75) is 69.4 Å².